The van der Waals surface area contributed by atoms with Crippen molar-refractivity contribution in [2.45, 2.75) is 20.8 Å². The van der Waals surface area contributed by atoms with Gasteiger partial charge in [-0.25, -0.2) is 0 Å². The summed E-state index contributed by atoms with van der Waals surface area (Å²) in [4.78, 5) is 2.56. The second kappa shape index (κ2) is 8.70. The van der Waals surface area contributed by atoms with Crippen molar-refractivity contribution < 1.29 is 0 Å². The Hall–Kier alpha value is -4.60. The van der Waals surface area contributed by atoms with Crippen LogP contribution >= 0.6 is 11.3 Å². The van der Waals surface area contributed by atoms with Crippen molar-refractivity contribution in [2.24, 2.45) is 0 Å². The lowest BCUT2D eigenvalue weighted by Gasteiger charge is -2.38. The zero-order chi connectivity index (χ0) is 28.1. The Kier molecular flexibility index (Phi) is 4.98. The molecule has 42 heavy (non-hydrogen) atoms. The number of fused-ring (bicyclic) bond motifs is 8. The first-order valence-electron chi connectivity index (χ1n) is 14.7. The van der Waals surface area contributed by atoms with Gasteiger partial charge in [-0.1, -0.05) is 96.0 Å². The molecule has 1 aromatic heterocycles. The van der Waals surface area contributed by atoms with Crippen LogP contribution in [0.1, 0.15) is 16.7 Å². The molecule has 0 atom stereocenters. The summed E-state index contributed by atoms with van der Waals surface area (Å²) in [6.07, 6.45) is 0. The molecule has 0 unspecified atom stereocenters. The number of rotatable bonds is 2. The quantitative estimate of drug-likeness (QED) is 0.193. The molecule has 0 amide bonds. The van der Waals surface area contributed by atoms with E-state index in [1.165, 1.54) is 92.6 Å². The minimum absolute atomic E-state index is 0.230. The molecule has 1 nitrogen and oxygen atoms in total. The van der Waals surface area contributed by atoms with Crippen molar-refractivity contribution in [1.29, 1.82) is 0 Å². The summed E-state index contributed by atoms with van der Waals surface area (Å²) in [5, 5.41) is 2.70. The van der Waals surface area contributed by atoms with Gasteiger partial charge < -0.3 is 4.90 Å². The van der Waals surface area contributed by atoms with E-state index in [0.717, 1.165) is 0 Å². The maximum absolute atomic E-state index is 2.56. The lowest BCUT2D eigenvalue weighted by Crippen LogP contribution is -2.55. The summed E-state index contributed by atoms with van der Waals surface area (Å²) in [6.45, 7) is 7.02. The van der Waals surface area contributed by atoms with E-state index in [2.05, 4.69) is 141 Å². The van der Waals surface area contributed by atoms with Gasteiger partial charge in [-0.3, -0.25) is 0 Å². The van der Waals surface area contributed by atoms with Crippen LogP contribution in [-0.4, -0.2) is 6.71 Å². The van der Waals surface area contributed by atoms with Gasteiger partial charge in [0.2, 0.25) is 6.71 Å². The van der Waals surface area contributed by atoms with Crippen LogP contribution in [-0.2, 0) is 0 Å². The average Bonchev–Trinajstić information content (AvgIpc) is 3.56. The largest absolute Gasteiger partial charge is 0.311 e. The Morgan fingerprint density at radius 1 is 0.548 bits per heavy atom. The summed E-state index contributed by atoms with van der Waals surface area (Å²) in [5.74, 6) is 0. The van der Waals surface area contributed by atoms with E-state index >= 15 is 0 Å². The summed E-state index contributed by atoms with van der Waals surface area (Å²) < 4.78 is 2.68. The molecule has 6 aromatic carbocycles. The van der Waals surface area contributed by atoms with Gasteiger partial charge >= 0.3 is 0 Å². The highest BCUT2D eigenvalue weighted by Crippen LogP contribution is 2.47. The van der Waals surface area contributed by atoms with Crippen LogP contribution in [0.5, 0.6) is 0 Å². The van der Waals surface area contributed by atoms with Gasteiger partial charge in [0.25, 0.3) is 0 Å². The molecule has 198 valence electrons. The fraction of sp³-hybridized carbons (Fsp3) is 0.0769. The van der Waals surface area contributed by atoms with Gasteiger partial charge in [-0.15, -0.1) is 11.3 Å². The van der Waals surface area contributed by atoms with Gasteiger partial charge in [-0.05, 0) is 95.4 Å². The van der Waals surface area contributed by atoms with Gasteiger partial charge in [0.15, 0.2) is 0 Å². The fourth-order valence-corrected chi connectivity index (χ4v) is 8.81. The number of para-hydroxylation sites is 2. The van der Waals surface area contributed by atoms with E-state index in [1.54, 1.807) is 0 Å². The number of hydrogen-bond donors (Lipinski definition) is 0. The summed E-state index contributed by atoms with van der Waals surface area (Å²) >= 11 is 1.89. The Balaban J connectivity index is 1.44. The average molecular weight is 554 g/mol. The Bertz CT molecular complexity index is 2260. The van der Waals surface area contributed by atoms with E-state index < -0.39 is 0 Å². The molecule has 3 heteroatoms. The molecule has 2 aliphatic rings. The Labute approximate surface area is 250 Å². The molecule has 7 aromatic rings. The van der Waals surface area contributed by atoms with Crippen molar-refractivity contribution in [2.75, 3.05) is 4.90 Å². The smallest absolute Gasteiger partial charge is 0.248 e. The predicted molar refractivity (Wildman–Crippen MR) is 184 cm³/mol. The van der Waals surface area contributed by atoms with E-state index in [0.29, 0.717) is 0 Å². The number of hydrogen-bond acceptors (Lipinski definition) is 2. The number of anilines is 3. The molecule has 0 fully saturated rings. The van der Waals surface area contributed by atoms with Crippen molar-refractivity contribution in [1.82, 2.24) is 0 Å². The van der Waals surface area contributed by atoms with E-state index in [4.69, 9.17) is 0 Å². The predicted octanol–water partition coefficient (Wildman–Crippen LogP) is 8.93. The lowest BCUT2D eigenvalue weighted by molar-refractivity contribution is 1.24. The van der Waals surface area contributed by atoms with Crippen LogP contribution in [0.3, 0.4) is 0 Å². The molecule has 0 radical (unpaired) electrons. The minimum atomic E-state index is 0.230. The summed E-state index contributed by atoms with van der Waals surface area (Å²) in [6, 6.07) is 43.2. The zero-order valence-corrected chi connectivity index (χ0v) is 24.7. The monoisotopic (exact) mass is 553 g/mol. The highest BCUT2D eigenvalue weighted by Gasteiger charge is 2.44. The third-order valence-corrected chi connectivity index (χ3v) is 10.6. The van der Waals surface area contributed by atoms with Gasteiger partial charge in [0, 0.05) is 37.2 Å². The first-order chi connectivity index (χ1) is 20.6. The lowest BCUT2D eigenvalue weighted by atomic mass is 9.36. The summed E-state index contributed by atoms with van der Waals surface area (Å²) in [5.41, 5.74) is 17.5. The first-order valence-corrected chi connectivity index (χ1v) is 15.6. The number of aryl methyl sites for hydroxylation is 3. The molecule has 0 saturated heterocycles. The normalized spacial score (nSPS) is 13.0. The number of thiophene rings is 1. The SMILES string of the molecule is Cc1ccccc1N1c2cc(-c3cccc4sc5ccccc5c34)cc3c2B(c2cccc(C)c21)c1c(C)cccc1-3. The second-order valence-corrected chi connectivity index (χ2v) is 12.9. The van der Waals surface area contributed by atoms with Gasteiger partial charge in [-0.2, -0.15) is 0 Å². The van der Waals surface area contributed by atoms with Crippen molar-refractivity contribution in [3.05, 3.63) is 132 Å². The van der Waals surface area contributed by atoms with Gasteiger partial charge in [0.1, 0.15) is 0 Å². The van der Waals surface area contributed by atoms with E-state index in [9.17, 15) is 0 Å². The number of benzene rings is 6. The minimum Gasteiger partial charge on any atom is -0.311 e. The molecule has 0 saturated carbocycles. The highest BCUT2D eigenvalue weighted by molar-refractivity contribution is 7.26. The Morgan fingerprint density at radius 3 is 2.17 bits per heavy atom. The van der Waals surface area contributed by atoms with Crippen molar-refractivity contribution >= 4 is 71.7 Å². The molecule has 9 rings (SSSR count). The van der Waals surface area contributed by atoms with Crippen LogP contribution in [0.25, 0.3) is 42.4 Å². The standard InChI is InChI=1S/C39H28BNS/c1-23-11-4-6-18-32(23)41-33-22-26(27-15-10-20-35-36(27)29-14-5-7-19-34(29)42-35)21-30-28-16-8-12-24(2)37(28)40(38(30)33)31-17-9-13-25(3)39(31)41/h4-22H,1-3H3. The summed E-state index contributed by atoms with van der Waals surface area (Å²) in [7, 11) is 0. The van der Waals surface area contributed by atoms with Crippen molar-refractivity contribution in [3.63, 3.8) is 0 Å². The third kappa shape index (κ3) is 3.15. The topological polar surface area (TPSA) is 3.24 Å². The molecule has 0 N–H and O–H groups in total. The maximum atomic E-state index is 2.56. The maximum Gasteiger partial charge on any atom is 0.248 e. The molecule has 3 heterocycles. The van der Waals surface area contributed by atoms with E-state index in [1.807, 2.05) is 11.3 Å². The van der Waals surface area contributed by atoms with E-state index in [-0.39, 0.29) is 6.71 Å². The molecule has 2 aliphatic heterocycles. The van der Waals surface area contributed by atoms with Crippen LogP contribution in [0.2, 0.25) is 0 Å². The highest BCUT2D eigenvalue weighted by atomic mass is 32.1. The molecule has 0 aliphatic carbocycles. The van der Waals surface area contributed by atoms with Crippen LogP contribution in [0.15, 0.2) is 115 Å². The Morgan fingerprint density at radius 2 is 1.26 bits per heavy atom. The number of nitrogens with zero attached hydrogens (tertiary/aromatic N) is 1. The molecular formula is C39H28BNS. The van der Waals surface area contributed by atoms with Crippen LogP contribution in [0.4, 0.5) is 17.1 Å². The third-order valence-electron chi connectivity index (χ3n) is 9.46. The van der Waals surface area contributed by atoms with Crippen LogP contribution in [0, 0.1) is 20.8 Å². The molecule has 0 bridgehead atoms. The molecule has 0 spiro atoms. The van der Waals surface area contributed by atoms with Crippen LogP contribution < -0.4 is 21.3 Å². The zero-order valence-electron chi connectivity index (χ0n) is 23.9. The second-order valence-electron chi connectivity index (χ2n) is 11.8. The van der Waals surface area contributed by atoms with Gasteiger partial charge in [0.05, 0.1) is 0 Å². The first kappa shape index (κ1) is 24.0. The van der Waals surface area contributed by atoms with Crippen molar-refractivity contribution in [3.8, 4) is 22.3 Å². The molecular weight excluding hydrogens is 525 g/mol. The fourth-order valence-electron chi connectivity index (χ4n) is 7.68.